The number of nitrogens with one attached hydrogen (secondary N) is 1. The summed E-state index contributed by atoms with van der Waals surface area (Å²) in [5, 5.41) is 2.97. The molecule has 0 aromatic carbocycles. The number of aromatic nitrogens is 1. The van der Waals surface area contributed by atoms with Crippen molar-refractivity contribution in [1.29, 1.82) is 0 Å². The lowest BCUT2D eigenvalue weighted by Crippen LogP contribution is -2.43. The van der Waals surface area contributed by atoms with Gasteiger partial charge in [0.25, 0.3) is 0 Å². The summed E-state index contributed by atoms with van der Waals surface area (Å²) in [6, 6.07) is 3.41. The lowest BCUT2D eigenvalue weighted by Gasteiger charge is -2.37. The molecule has 1 heterocycles. The molecule has 1 saturated carbocycles. The maximum absolute atomic E-state index is 11.4. The van der Waals surface area contributed by atoms with Crippen molar-refractivity contribution < 1.29 is 4.79 Å². The summed E-state index contributed by atoms with van der Waals surface area (Å²) in [7, 11) is 1.74. The Morgan fingerprint density at radius 1 is 1.29 bits per heavy atom. The lowest BCUT2D eigenvalue weighted by molar-refractivity contribution is -0.111. The van der Waals surface area contributed by atoms with E-state index in [9.17, 15) is 9.59 Å². The average Bonchev–Trinajstić information content (AvgIpc) is 2.34. The third-order valence-electron chi connectivity index (χ3n) is 3.68. The van der Waals surface area contributed by atoms with E-state index in [0.717, 1.165) is 37.7 Å². The molecule has 1 fully saturated rings. The van der Waals surface area contributed by atoms with Gasteiger partial charge in [-0.3, -0.25) is 9.59 Å². The Kier molecular flexibility index (Phi) is 3.31. The van der Waals surface area contributed by atoms with Crippen molar-refractivity contribution in [2.45, 2.75) is 37.6 Å². The van der Waals surface area contributed by atoms with Gasteiger partial charge in [0.15, 0.2) is 0 Å². The van der Waals surface area contributed by atoms with Crippen LogP contribution in [0.5, 0.6) is 0 Å². The van der Waals surface area contributed by atoms with Gasteiger partial charge < -0.3 is 9.88 Å². The Labute approximate surface area is 101 Å². The summed E-state index contributed by atoms with van der Waals surface area (Å²) in [4.78, 5) is 22.2. The average molecular weight is 234 g/mol. The van der Waals surface area contributed by atoms with Gasteiger partial charge in [-0.25, -0.2) is 0 Å². The van der Waals surface area contributed by atoms with E-state index in [4.69, 9.17) is 0 Å². The predicted octanol–water partition coefficient (Wildman–Crippen LogP) is 1.29. The summed E-state index contributed by atoms with van der Waals surface area (Å²) < 4.78 is 1.57. The second kappa shape index (κ2) is 4.73. The molecule has 1 aliphatic rings. The first-order chi connectivity index (χ1) is 8.18. The molecule has 0 unspecified atom stereocenters. The molecule has 0 spiro atoms. The third kappa shape index (κ3) is 2.25. The summed E-state index contributed by atoms with van der Waals surface area (Å²) in [5.41, 5.74) is 0.739. The summed E-state index contributed by atoms with van der Waals surface area (Å²) in [6.45, 7) is 0. The molecule has 1 amide bonds. The molecule has 4 nitrogen and oxygen atoms in total. The van der Waals surface area contributed by atoms with Gasteiger partial charge in [0.1, 0.15) is 0 Å². The quantitative estimate of drug-likeness (QED) is 0.801. The van der Waals surface area contributed by atoms with Crippen LogP contribution in [-0.4, -0.2) is 11.0 Å². The Morgan fingerprint density at radius 3 is 2.59 bits per heavy atom. The number of aryl methyl sites for hydroxylation is 1. The molecule has 0 atom stereocenters. The van der Waals surface area contributed by atoms with Gasteiger partial charge >= 0.3 is 0 Å². The highest BCUT2D eigenvalue weighted by molar-refractivity contribution is 5.49. The topological polar surface area (TPSA) is 51.1 Å². The molecular formula is C13H18N2O2. The van der Waals surface area contributed by atoms with E-state index in [1.54, 1.807) is 17.7 Å². The van der Waals surface area contributed by atoms with Crippen LogP contribution < -0.4 is 10.9 Å². The molecule has 4 heteroatoms. The van der Waals surface area contributed by atoms with Crippen molar-refractivity contribution in [3.05, 3.63) is 34.2 Å². The van der Waals surface area contributed by atoms with Crippen LogP contribution in [0, 0.1) is 0 Å². The number of carbonyl (C=O) groups is 1. The second-order valence-electron chi connectivity index (χ2n) is 4.77. The van der Waals surface area contributed by atoms with Gasteiger partial charge in [-0.15, -0.1) is 0 Å². The van der Waals surface area contributed by atoms with Gasteiger partial charge in [0.2, 0.25) is 12.0 Å². The van der Waals surface area contributed by atoms with Crippen molar-refractivity contribution in [2.75, 3.05) is 0 Å². The fourth-order valence-electron chi connectivity index (χ4n) is 2.66. The van der Waals surface area contributed by atoms with Crippen molar-refractivity contribution in [3.8, 4) is 0 Å². The van der Waals surface area contributed by atoms with Crippen LogP contribution in [0.4, 0.5) is 0 Å². The van der Waals surface area contributed by atoms with Crippen LogP contribution in [0.15, 0.2) is 23.1 Å². The zero-order valence-corrected chi connectivity index (χ0v) is 10.1. The monoisotopic (exact) mass is 234 g/mol. The van der Waals surface area contributed by atoms with E-state index >= 15 is 0 Å². The minimum Gasteiger partial charge on any atom is -0.349 e. The molecule has 92 valence electrons. The molecule has 0 aliphatic heterocycles. The SMILES string of the molecule is Cn1cc(C2(NC=O)CCCCC2)ccc1=O. The summed E-state index contributed by atoms with van der Waals surface area (Å²) in [5.74, 6) is 0. The highest BCUT2D eigenvalue weighted by Crippen LogP contribution is 2.36. The van der Waals surface area contributed by atoms with Crippen LogP contribution in [0.3, 0.4) is 0 Å². The van der Waals surface area contributed by atoms with Crippen molar-refractivity contribution in [2.24, 2.45) is 7.05 Å². The standard InChI is InChI=1S/C13H18N2O2/c1-15-9-11(5-6-12(15)17)13(14-10-16)7-3-2-4-8-13/h5-6,9-10H,2-4,7-8H2,1H3,(H,14,16). The van der Waals surface area contributed by atoms with Crippen LogP contribution in [0.25, 0.3) is 0 Å². The summed E-state index contributed by atoms with van der Waals surface area (Å²) >= 11 is 0. The number of rotatable bonds is 3. The summed E-state index contributed by atoms with van der Waals surface area (Å²) in [6.07, 6.45) is 7.95. The molecule has 2 rings (SSSR count). The normalized spacial score (nSPS) is 18.6. The molecule has 1 aromatic heterocycles. The van der Waals surface area contributed by atoms with Gasteiger partial charge in [-0.05, 0) is 24.5 Å². The van der Waals surface area contributed by atoms with Gasteiger partial charge in [-0.1, -0.05) is 19.3 Å². The molecule has 1 N–H and O–H groups in total. The van der Waals surface area contributed by atoms with Gasteiger partial charge in [0.05, 0.1) is 5.54 Å². The number of amides is 1. The van der Waals surface area contributed by atoms with Crippen molar-refractivity contribution in [1.82, 2.24) is 9.88 Å². The Morgan fingerprint density at radius 2 is 2.00 bits per heavy atom. The van der Waals surface area contributed by atoms with Crippen molar-refractivity contribution >= 4 is 6.41 Å². The zero-order chi connectivity index (χ0) is 12.3. The van der Waals surface area contributed by atoms with Crippen LogP contribution in [0.1, 0.15) is 37.7 Å². The minimum absolute atomic E-state index is 0.0224. The number of pyridine rings is 1. The number of carbonyl (C=O) groups excluding carboxylic acids is 1. The number of hydrogen-bond donors (Lipinski definition) is 1. The molecule has 0 bridgehead atoms. The Balaban J connectivity index is 2.40. The Bertz CT molecular complexity index is 459. The van der Waals surface area contributed by atoms with E-state index < -0.39 is 0 Å². The zero-order valence-electron chi connectivity index (χ0n) is 10.1. The maximum Gasteiger partial charge on any atom is 0.250 e. The largest absolute Gasteiger partial charge is 0.349 e. The van der Waals surface area contributed by atoms with E-state index in [2.05, 4.69) is 5.32 Å². The van der Waals surface area contributed by atoms with E-state index in [1.807, 2.05) is 12.3 Å². The number of nitrogens with zero attached hydrogens (tertiary/aromatic N) is 1. The van der Waals surface area contributed by atoms with Gasteiger partial charge in [-0.2, -0.15) is 0 Å². The maximum atomic E-state index is 11.4. The van der Waals surface area contributed by atoms with E-state index in [1.165, 1.54) is 6.42 Å². The highest BCUT2D eigenvalue weighted by atomic mass is 16.1. The smallest absolute Gasteiger partial charge is 0.250 e. The van der Waals surface area contributed by atoms with Crippen LogP contribution in [-0.2, 0) is 17.4 Å². The lowest BCUT2D eigenvalue weighted by atomic mass is 9.77. The predicted molar refractivity (Wildman–Crippen MR) is 65.6 cm³/mol. The first-order valence-electron chi connectivity index (χ1n) is 6.06. The molecule has 17 heavy (non-hydrogen) atoms. The van der Waals surface area contributed by atoms with E-state index in [-0.39, 0.29) is 11.1 Å². The molecule has 1 aromatic rings. The van der Waals surface area contributed by atoms with Crippen molar-refractivity contribution in [3.63, 3.8) is 0 Å². The highest BCUT2D eigenvalue weighted by Gasteiger charge is 2.33. The number of hydrogen-bond acceptors (Lipinski definition) is 2. The van der Waals surface area contributed by atoms with Crippen LogP contribution in [0.2, 0.25) is 0 Å². The molecule has 1 aliphatic carbocycles. The fourth-order valence-corrected chi connectivity index (χ4v) is 2.66. The molecule has 0 radical (unpaired) electrons. The second-order valence-corrected chi connectivity index (χ2v) is 4.77. The first-order valence-corrected chi connectivity index (χ1v) is 6.06. The van der Waals surface area contributed by atoms with Gasteiger partial charge in [0, 0.05) is 19.3 Å². The Hall–Kier alpha value is -1.58. The van der Waals surface area contributed by atoms with E-state index in [0.29, 0.717) is 0 Å². The molecule has 0 saturated heterocycles. The van der Waals surface area contributed by atoms with Crippen LogP contribution >= 0.6 is 0 Å². The molecular weight excluding hydrogens is 216 g/mol. The first kappa shape index (κ1) is 11.9. The minimum atomic E-state index is -0.272. The third-order valence-corrected chi connectivity index (χ3v) is 3.68. The fraction of sp³-hybridized carbons (Fsp3) is 0.538.